The molecule has 0 spiro atoms. The van der Waals surface area contributed by atoms with E-state index in [-0.39, 0.29) is 11.5 Å². The van der Waals surface area contributed by atoms with Gasteiger partial charge in [-0.2, -0.15) is 0 Å². The Hall–Kier alpha value is -1.51. The fourth-order valence-electron chi connectivity index (χ4n) is 2.97. The van der Waals surface area contributed by atoms with Crippen LogP contribution in [-0.2, 0) is 0 Å². The van der Waals surface area contributed by atoms with Gasteiger partial charge in [-0.15, -0.1) is 0 Å². The van der Waals surface area contributed by atoms with E-state index in [0.29, 0.717) is 18.4 Å². The second-order valence-corrected chi connectivity index (χ2v) is 6.28. The second kappa shape index (κ2) is 8.82. The molecule has 0 bridgehead atoms. The average Bonchev–Trinajstić information content (AvgIpc) is 2.52. The van der Waals surface area contributed by atoms with Crippen LogP contribution >= 0.6 is 0 Å². The summed E-state index contributed by atoms with van der Waals surface area (Å²) < 4.78 is 19.2. The Morgan fingerprint density at radius 2 is 2.05 bits per heavy atom. The fourth-order valence-corrected chi connectivity index (χ4v) is 2.97. The number of phenolic OH excluding ortho intramolecular Hbond substituents is 1. The molecule has 122 valence electrons. The van der Waals surface area contributed by atoms with Crippen molar-refractivity contribution in [3.63, 3.8) is 0 Å². The molecule has 1 aliphatic carbocycles. The van der Waals surface area contributed by atoms with Crippen molar-refractivity contribution in [1.29, 1.82) is 0 Å². The summed E-state index contributed by atoms with van der Waals surface area (Å²) in [6.07, 6.45) is 13.1. The van der Waals surface area contributed by atoms with Crippen LogP contribution in [0.15, 0.2) is 30.4 Å². The molecule has 0 saturated heterocycles. The zero-order valence-corrected chi connectivity index (χ0v) is 13.4. The number of rotatable bonds is 7. The summed E-state index contributed by atoms with van der Waals surface area (Å²) in [6, 6.07) is 4.04. The van der Waals surface area contributed by atoms with Crippen LogP contribution in [0.4, 0.5) is 4.39 Å². The third-order valence-electron chi connectivity index (χ3n) is 4.41. The number of hydrogen-bond donors (Lipinski definition) is 1. The Morgan fingerprint density at radius 1 is 1.27 bits per heavy atom. The standard InChI is InChI=1S/C19H27FO2/c1-2-3-4-5-6-15-7-9-16(10-8-15)14-22-19-12-11-17(21)13-18(19)20/h5-6,11-13,15-16,21H,2-4,7-10,14H2,1H3/b6-5+. The maximum atomic E-state index is 13.6. The molecule has 0 aromatic heterocycles. The highest BCUT2D eigenvalue weighted by Crippen LogP contribution is 2.31. The topological polar surface area (TPSA) is 29.5 Å². The Kier molecular flexibility index (Phi) is 6.75. The maximum absolute atomic E-state index is 13.6. The summed E-state index contributed by atoms with van der Waals surface area (Å²) in [5.74, 6) is 0.888. The monoisotopic (exact) mass is 306 g/mol. The molecule has 1 aromatic carbocycles. The Bertz CT molecular complexity index is 476. The largest absolute Gasteiger partial charge is 0.508 e. The molecular formula is C19H27FO2. The van der Waals surface area contributed by atoms with Crippen LogP contribution in [0.2, 0.25) is 0 Å². The molecule has 0 radical (unpaired) electrons. The van der Waals surface area contributed by atoms with Crippen LogP contribution in [0.25, 0.3) is 0 Å². The molecule has 1 aliphatic rings. The predicted octanol–water partition coefficient (Wildman–Crippen LogP) is 5.46. The van der Waals surface area contributed by atoms with Crippen molar-refractivity contribution in [2.45, 2.75) is 51.9 Å². The first-order valence-corrected chi connectivity index (χ1v) is 8.47. The van der Waals surface area contributed by atoms with Crippen LogP contribution in [0.3, 0.4) is 0 Å². The third kappa shape index (κ3) is 5.36. The number of aromatic hydroxyl groups is 1. The van der Waals surface area contributed by atoms with E-state index in [2.05, 4.69) is 19.1 Å². The maximum Gasteiger partial charge on any atom is 0.168 e. The molecule has 0 atom stereocenters. The first-order chi connectivity index (χ1) is 10.7. The van der Waals surface area contributed by atoms with Crippen molar-refractivity contribution in [1.82, 2.24) is 0 Å². The smallest absolute Gasteiger partial charge is 0.168 e. The normalized spacial score (nSPS) is 22.1. The van der Waals surface area contributed by atoms with Crippen molar-refractivity contribution in [2.24, 2.45) is 11.8 Å². The predicted molar refractivity (Wildman–Crippen MR) is 87.7 cm³/mol. The minimum atomic E-state index is -0.493. The van der Waals surface area contributed by atoms with E-state index >= 15 is 0 Å². The number of benzene rings is 1. The lowest BCUT2D eigenvalue weighted by Crippen LogP contribution is -2.19. The van der Waals surface area contributed by atoms with Gasteiger partial charge in [0.1, 0.15) is 5.75 Å². The number of unbranched alkanes of at least 4 members (excludes halogenated alkanes) is 2. The first-order valence-electron chi connectivity index (χ1n) is 8.47. The zero-order chi connectivity index (χ0) is 15.8. The number of allylic oxidation sites excluding steroid dienone is 2. The van der Waals surface area contributed by atoms with Crippen LogP contribution in [0.1, 0.15) is 51.9 Å². The minimum absolute atomic E-state index is 0.0692. The van der Waals surface area contributed by atoms with Crippen LogP contribution in [0, 0.1) is 17.7 Å². The van der Waals surface area contributed by atoms with Gasteiger partial charge in [0.05, 0.1) is 6.61 Å². The molecule has 3 heteroatoms. The molecular weight excluding hydrogens is 279 g/mol. The van der Waals surface area contributed by atoms with Gasteiger partial charge in [0.2, 0.25) is 0 Å². The average molecular weight is 306 g/mol. The lowest BCUT2D eigenvalue weighted by molar-refractivity contribution is 0.189. The minimum Gasteiger partial charge on any atom is -0.508 e. The SMILES string of the molecule is CCCC/C=C/C1CCC(COc2ccc(O)cc2F)CC1. The number of ether oxygens (including phenoxy) is 1. The molecule has 0 aliphatic heterocycles. The lowest BCUT2D eigenvalue weighted by atomic mass is 9.82. The summed E-state index contributed by atoms with van der Waals surface area (Å²) in [7, 11) is 0. The van der Waals surface area contributed by atoms with E-state index in [4.69, 9.17) is 4.74 Å². The van der Waals surface area contributed by atoms with Gasteiger partial charge < -0.3 is 9.84 Å². The van der Waals surface area contributed by atoms with Crippen LogP contribution < -0.4 is 4.74 Å². The quantitative estimate of drug-likeness (QED) is 0.535. The van der Waals surface area contributed by atoms with Crippen molar-refractivity contribution in [3.05, 3.63) is 36.2 Å². The molecule has 2 nitrogen and oxygen atoms in total. The van der Waals surface area contributed by atoms with E-state index < -0.39 is 5.82 Å². The summed E-state index contributed by atoms with van der Waals surface area (Å²) in [5.41, 5.74) is 0. The number of hydrogen-bond acceptors (Lipinski definition) is 2. The zero-order valence-electron chi connectivity index (χ0n) is 13.4. The molecule has 0 heterocycles. The van der Waals surface area contributed by atoms with Gasteiger partial charge in [-0.3, -0.25) is 0 Å². The Labute approximate surface area is 133 Å². The van der Waals surface area contributed by atoms with Crippen LogP contribution in [-0.4, -0.2) is 11.7 Å². The first kappa shape index (κ1) is 16.9. The summed E-state index contributed by atoms with van der Waals surface area (Å²) in [4.78, 5) is 0. The van der Waals surface area contributed by atoms with E-state index in [1.165, 1.54) is 44.2 Å². The Morgan fingerprint density at radius 3 is 2.73 bits per heavy atom. The van der Waals surface area contributed by atoms with Crippen molar-refractivity contribution >= 4 is 0 Å². The van der Waals surface area contributed by atoms with Gasteiger partial charge in [0, 0.05) is 6.07 Å². The van der Waals surface area contributed by atoms with E-state index in [0.717, 1.165) is 18.9 Å². The molecule has 1 aromatic rings. The van der Waals surface area contributed by atoms with Crippen molar-refractivity contribution in [2.75, 3.05) is 6.61 Å². The highest BCUT2D eigenvalue weighted by molar-refractivity contribution is 5.32. The number of phenols is 1. The fraction of sp³-hybridized carbons (Fsp3) is 0.579. The van der Waals surface area contributed by atoms with Gasteiger partial charge in [-0.1, -0.05) is 31.9 Å². The molecule has 1 fully saturated rings. The molecule has 1 saturated carbocycles. The molecule has 2 rings (SSSR count). The molecule has 1 N–H and O–H groups in total. The van der Waals surface area contributed by atoms with E-state index in [1.807, 2.05) is 0 Å². The molecule has 0 amide bonds. The van der Waals surface area contributed by atoms with Gasteiger partial charge in [0.15, 0.2) is 11.6 Å². The van der Waals surface area contributed by atoms with Crippen molar-refractivity contribution in [3.8, 4) is 11.5 Å². The van der Waals surface area contributed by atoms with E-state index in [1.54, 1.807) is 0 Å². The lowest BCUT2D eigenvalue weighted by Gasteiger charge is -2.26. The summed E-state index contributed by atoms with van der Waals surface area (Å²) >= 11 is 0. The van der Waals surface area contributed by atoms with Gasteiger partial charge in [-0.25, -0.2) is 4.39 Å². The third-order valence-corrected chi connectivity index (χ3v) is 4.41. The van der Waals surface area contributed by atoms with Crippen molar-refractivity contribution < 1.29 is 14.2 Å². The van der Waals surface area contributed by atoms with E-state index in [9.17, 15) is 9.50 Å². The highest BCUT2D eigenvalue weighted by Gasteiger charge is 2.20. The Balaban J connectivity index is 1.70. The molecule has 0 unspecified atom stereocenters. The second-order valence-electron chi connectivity index (χ2n) is 6.28. The van der Waals surface area contributed by atoms with Crippen LogP contribution in [0.5, 0.6) is 11.5 Å². The highest BCUT2D eigenvalue weighted by atomic mass is 19.1. The molecule has 22 heavy (non-hydrogen) atoms. The number of halogens is 1. The van der Waals surface area contributed by atoms with Gasteiger partial charge >= 0.3 is 0 Å². The van der Waals surface area contributed by atoms with Gasteiger partial charge in [0.25, 0.3) is 0 Å². The van der Waals surface area contributed by atoms with Gasteiger partial charge in [-0.05, 0) is 56.1 Å². The summed E-state index contributed by atoms with van der Waals surface area (Å²) in [6.45, 7) is 2.78. The summed E-state index contributed by atoms with van der Waals surface area (Å²) in [5, 5.41) is 9.19.